The third-order valence-corrected chi connectivity index (χ3v) is 4.65. The van der Waals surface area contributed by atoms with E-state index in [-0.39, 0.29) is 18.8 Å². The first-order valence-corrected chi connectivity index (χ1v) is 9.96. The monoisotopic (exact) mass is 455 g/mol. The number of hydrogen-bond acceptors (Lipinski definition) is 5. The molecule has 1 atom stereocenters. The molecule has 9 heteroatoms. The van der Waals surface area contributed by atoms with E-state index in [1.165, 1.54) is 6.20 Å². The Bertz CT molecular complexity index is 922. The molecule has 2 aromatic rings. The van der Waals surface area contributed by atoms with Crippen molar-refractivity contribution in [2.75, 3.05) is 19.8 Å². The second-order valence-electron chi connectivity index (χ2n) is 6.98. The van der Waals surface area contributed by atoms with Gasteiger partial charge in [-0.15, -0.1) is 0 Å². The summed E-state index contributed by atoms with van der Waals surface area (Å²) in [7, 11) is 0. The fourth-order valence-electron chi connectivity index (χ4n) is 2.88. The summed E-state index contributed by atoms with van der Waals surface area (Å²) in [6.45, 7) is 1.27. The van der Waals surface area contributed by atoms with Gasteiger partial charge < -0.3 is 19.9 Å². The molecule has 0 aliphatic rings. The maximum Gasteiger partial charge on any atom is 0.337 e. The highest BCUT2D eigenvalue weighted by Crippen LogP contribution is 2.24. The second-order valence-corrected chi connectivity index (χ2v) is 6.98. The van der Waals surface area contributed by atoms with E-state index >= 15 is 0 Å². The van der Waals surface area contributed by atoms with Crippen LogP contribution < -0.4 is 5.32 Å². The molecule has 0 aromatic heterocycles. The third-order valence-electron chi connectivity index (χ3n) is 4.65. The van der Waals surface area contributed by atoms with E-state index in [4.69, 9.17) is 9.47 Å². The van der Waals surface area contributed by atoms with Crippen LogP contribution in [-0.4, -0.2) is 36.9 Å². The molecule has 0 amide bonds. The normalized spacial score (nSPS) is 12.5. The summed E-state index contributed by atoms with van der Waals surface area (Å²) in [5.41, 5.74) is -0.508. The zero-order valence-electron chi connectivity index (χ0n) is 17.8. The van der Waals surface area contributed by atoms with E-state index in [1.807, 2.05) is 30.3 Å². The molecule has 0 bridgehead atoms. The lowest BCUT2D eigenvalue weighted by Gasteiger charge is -2.16. The summed E-state index contributed by atoms with van der Waals surface area (Å²) >= 11 is 0. The Morgan fingerprint density at radius 1 is 1.09 bits per heavy atom. The Hall–Kier alpha value is -2.91. The van der Waals surface area contributed by atoms with Crippen molar-refractivity contribution in [3.8, 4) is 0 Å². The van der Waals surface area contributed by atoms with Gasteiger partial charge in [-0.1, -0.05) is 30.3 Å². The van der Waals surface area contributed by atoms with Gasteiger partial charge in [0.1, 0.15) is 5.82 Å². The second kappa shape index (κ2) is 12.2. The van der Waals surface area contributed by atoms with Crippen LogP contribution in [0.4, 0.5) is 17.6 Å². The third kappa shape index (κ3) is 6.54. The molecule has 0 saturated carbocycles. The van der Waals surface area contributed by atoms with Crippen molar-refractivity contribution in [1.82, 2.24) is 5.32 Å². The molecular formula is C23H25F4NO4. The average Bonchev–Trinajstić information content (AvgIpc) is 2.80. The quantitative estimate of drug-likeness (QED) is 0.178. The van der Waals surface area contributed by atoms with E-state index in [9.17, 15) is 27.5 Å². The Morgan fingerprint density at radius 2 is 1.78 bits per heavy atom. The SMILES string of the molecule is CCOC(=O)/C(=C\NC(CO)Cc1ccccc1)COCc1c(F)c(C)c(F)c(F)c1F. The van der Waals surface area contributed by atoms with Gasteiger partial charge in [0, 0.05) is 11.8 Å². The molecule has 0 heterocycles. The molecule has 0 aliphatic heterocycles. The van der Waals surface area contributed by atoms with Gasteiger partial charge >= 0.3 is 5.97 Å². The maximum atomic E-state index is 14.1. The fourth-order valence-corrected chi connectivity index (χ4v) is 2.88. The van der Waals surface area contributed by atoms with Crippen LogP contribution in [0.15, 0.2) is 42.1 Å². The molecule has 1 unspecified atom stereocenters. The zero-order valence-corrected chi connectivity index (χ0v) is 17.8. The van der Waals surface area contributed by atoms with Gasteiger partial charge in [-0.25, -0.2) is 22.4 Å². The smallest absolute Gasteiger partial charge is 0.337 e. The number of benzene rings is 2. The molecule has 0 spiro atoms. The van der Waals surface area contributed by atoms with Crippen molar-refractivity contribution < 1.29 is 36.9 Å². The van der Waals surface area contributed by atoms with Gasteiger partial charge in [-0.3, -0.25) is 0 Å². The van der Waals surface area contributed by atoms with Gasteiger partial charge in [0.05, 0.1) is 43.6 Å². The lowest BCUT2D eigenvalue weighted by Crippen LogP contribution is -2.32. The van der Waals surface area contributed by atoms with E-state index in [0.717, 1.165) is 12.5 Å². The number of hydrogen-bond donors (Lipinski definition) is 2. The molecular weight excluding hydrogens is 430 g/mol. The highest BCUT2D eigenvalue weighted by atomic mass is 19.2. The van der Waals surface area contributed by atoms with Gasteiger partial charge in [0.2, 0.25) is 0 Å². The molecule has 0 fully saturated rings. The number of nitrogens with one attached hydrogen (secondary N) is 1. The van der Waals surface area contributed by atoms with Crippen molar-refractivity contribution in [2.24, 2.45) is 0 Å². The van der Waals surface area contributed by atoms with Crippen molar-refractivity contribution in [3.63, 3.8) is 0 Å². The molecule has 32 heavy (non-hydrogen) atoms. The Balaban J connectivity index is 2.10. The molecule has 2 rings (SSSR count). The van der Waals surface area contributed by atoms with E-state index < -0.39 is 59.6 Å². The lowest BCUT2D eigenvalue weighted by molar-refractivity contribution is -0.139. The topological polar surface area (TPSA) is 67.8 Å². The molecule has 0 saturated heterocycles. The summed E-state index contributed by atoms with van der Waals surface area (Å²) in [6.07, 6.45) is 1.76. The predicted molar refractivity (Wildman–Crippen MR) is 110 cm³/mol. The van der Waals surface area contributed by atoms with Crippen LogP contribution in [0.1, 0.15) is 23.6 Å². The first-order chi connectivity index (χ1) is 15.3. The first-order valence-electron chi connectivity index (χ1n) is 9.96. The highest BCUT2D eigenvalue weighted by molar-refractivity contribution is 5.88. The molecule has 0 aliphatic carbocycles. The van der Waals surface area contributed by atoms with E-state index in [1.54, 1.807) is 6.92 Å². The lowest BCUT2D eigenvalue weighted by atomic mass is 10.1. The number of ether oxygens (including phenoxy) is 2. The zero-order chi connectivity index (χ0) is 23.7. The molecule has 174 valence electrons. The molecule has 5 nitrogen and oxygen atoms in total. The van der Waals surface area contributed by atoms with Crippen LogP contribution in [0.5, 0.6) is 0 Å². The summed E-state index contributed by atoms with van der Waals surface area (Å²) in [4.78, 5) is 12.2. The van der Waals surface area contributed by atoms with Crippen LogP contribution >= 0.6 is 0 Å². The average molecular weight is 455 g/mol. The highest BCUT2D eigenvalue weighted by Gasteiger charge is 2.23. The van der Waals surface area contributed by atoms with Crippen molar-refractivity contribution in [3.05, 3.63) is 82.1 Å². The number of halogens is 4. The first kappa shape index (κ1) is 25.4. The standard InChI is InChI=1S/C23H25F4NO4/c1-3-32-23(30)16(10-28-17(11-29)9-15-7-5-4-6-8-15)12-31-13-18-19(24)14(2)20(25)22(27)21(18)26/h4-8,10,17,28-29H,3,9,11-13H2,1-2H3/b16-10-. The summed E-state index contributed by atoms with van der Waals surface area (Å²) in [5, 5.41) is 12.5. The van der Waals surface area contributed by atoms with Crippen LogP contribution in [0.25, 0.3) is 0 Å². The Labute approximate surface area is 183 Å². The van der Waals surface area contributed by atoms with Crippen LogP contribution in [0, 0.1) is 30.2 Å². The predicted octanol–water partition coefficient (Wildman–Crippen LogP) is 3.71. The van der Waals surface area contributed by atoms with E-state index in [2.05, 4.69) is 5.32 Å². The van der Waals surface area contributed by atoms with Crippen LogP contribution in [-0.2, 0) is 27.3 Å². The number of carbonyl (C=O) groups is 1. The largest absolute Gasteiger partial charge is 0.463 e. The van der Waals surface area contributed by atoms with Gasteiger partial charge in [-0.2, -0.15) is 0 Å². The van der Waals surface area contributed by atoms with Crippen LogP contribution in [0.2, 0.25) is 0 Å². The number of rotatable bonds is 11. The minimum atomic E-state index is -1.79. The Kier molecular flexibility index (Phi) is 9.67. The number of esters is 1. The van der Waals surface area contributed by atoms with Gasteiger partial charge in [0.15, 0.2) is 17.5 Å². The molecule has 2 aromatic carbocycles. The Morgan fingerprint density at radius 3 is 2.41 bits per heavy atom. The van der Waals surface area contributed by atoms with Crippen molar-refractivity contribution in [1.29, 1.82) is 0 Å². The number of carbonyl (C=O) groups excluding carboxylic acids is 1. The maximum absolute atomic E-state index is 14.1. The van der Waals surface area contributed by atoms with E-state index in [0.29, 0.717) is 6.42 Å². The van der Waals surface area contributed by atoms with Crippen LogP contribution in [0.3, 0.4) is 0 Å². The molecule has 0 radical (unpaired) electrons. The minimum Gasteiger partial charge on any atom is -0.463 e. The minimum absolute atomic E-state index is 0.0153. The fraction of sp³-hybridized carbons (Fsp3) is 0.348. The number of aliphatic hydroxyl groups excluding tert-OH is 1. The van der Waals surface area contributed by atoms with Gasteiger partial charge in [0.25, 0.3) is 0 Å². The van der Waals surface area contributed by atoms with Gasteiger partial charge in [-0.05, 0) is 25.8 Å². The summed E-state index contributed by atoms with van der Waals surface area (Å²) in [5.74, 6) is -7.08. The summed E-state index contributed by atoms with van der Waals surface area (Å²) < 4.78 is 65.2. The van der Waals surface area contributed by atoms with Crippen molar-refractivity contribution >= 4 is 5.97 Å². The summed E-state index contributed by atoms with van der Waals surface area (Å²) in [6, 6.07) is 8.92. The van der Waals surface area contributed by atoms with Crippen molar-refractivity contribution in [2.45, 2.75) is 32.9 Å². The number of aliphatic hydroxyl groups is 1. The molecule has 2 N–H and O–H groups in total.